The highest BCUT2D eigenvalue weighted by molar-refractivity contribution is 4.96. The minimum absolute atomic E-state index is 0.128. The maximum absolute atomic E-state index is 9.72. The minimum atomic E-state index is -0.847. The van der Waals surface area contributed by atoms with Crippen molar-refractivity contribution in [3.05, 3.63) is 0 Å². The number of quaternary nitrogens is 1. The van der Waals surface area contributed by atoms with Gasteiger partial charge in [-0.3, -0.25) is 0 Å². The van der Waals surface area contributed by atoms with E-state index in [0.717, 1.165) is 0 Å². The number of aliphatic hydroxyl groups is 2. The fourth-order valence-corrected chi connectivity index (χ4v) is 2.31. The van der Waals surface area contributed by atoms with E-state index in [1.807, 2.05) is 21.1 Å². The zero-order valence-corrected chi connectivity index (χ0v) is 8.75. The molecular weight excluding hydrogens is 186 g/mol. The maximum atomic E-state index is 9.72. The third-order valence-corrected chi connectivity index (χ3v) is 2.98. The standard InChI is InChI=1S/C9H18NO4/c1-10(2,3)6-8-7(14-9(6)12)5(11)4-13-8/h5-9,11-12H,4H2,1-3H3/q+1/t5-,6+,7+,8+,9+/m0/s1. The summed E-state index contributed by atoms with van der Waals surface area (Å²) in [5.74, 6) is 0. The predicted octanol–water partition coefficient (Wildman–Crippen LogP) is -1.46. The van der Waals surface area contributed by atoms with Crippen molar-refractivity contribution in [2.45, 2.75) is 30.6 Å². The summed E-state index contributed by atoms with van der Waals surface area (Å²) >= 11 is 0. The molecule has 5 nitrogen and oxygen atoms in total. The smallest absolute Gasteiger partial charge is 0.211 e. The van der Waals surface area contributed by atoms with Crippen LogP contribution in [0.15, 0.2) is 0 Å². The van der Waals surface area contributed by atoms with E-state index >= 15 is 0 Å². The summed E-state index contributed by atoms with van der Waals surface area (Å²) in [6.07, 6.45) is -2.02. The zero-order valence-electron chi connectivity index (χ0n) is 8.75. The van der Waals surface area contributed by atoms with E-state index in [0.29, 0.717) is 11.1 Å². The second-order valence-corrected chi connectivity index (χ2v) is 4.96. The number of rotatable bonds is 1. The molecule has 14 heavy (non-hydrogen) atoms. The molecule has 0 radical (unpaired) electrons. The Balaban J connectivity index is 2.19. The molecule has 82 valence electrons. The van der Waals surface area contributed by atoms with E-state index in [9.17, 15) is 10.2 Å². The van der Waals surface area contributed by atoms with Gasteiger partial charge in [0.1, 0.15) is 18.3 Å². The van der Waals surface area contributed by atoms with Crippen molar-refractivity contribution in [1.29, 1.82) is 0 Å². The quantitative estimate of drug-likeness (QED) is 0.512. The van der Waals surface area contributed by atoms with Gasteiger partial charge in [0, 0.05) is 0 Å². The summed E-state index contributed by atoms with van der Waals surface area (Å²) in [7, 11) is 5.94. The van der Waals surface area contributed by atoms with Crippen molar-refractivity contribution in [3.63, 3.8) is 0 Å². The lowest BCUT2D eigenvalue weighted by Crippen LogP contribution is -2.55. The predicted molar refractivity (Wildman–Crippen MR) is 48.4 cm³/mol. The average molecular weight is 204 g/mol. The van der Waals surface area contributed by atoms with Gasteiger partial charge in [0.25, 0.3) is 0 Å². The first-order valence-electron chi connectivity index (χ1n) is 4.85. The Bertz CT molecular complexity index is 227. The Hall–Kier alpha value is -0.200. The molecule has 2 fully saturated rings. The summed E-state index contributed by atoms with van der Waals surface area (Å²) < 4.78 is 11.3. The van der Waals surface area contributed by atoms with Gasteiger partial charge in [0.15, 0.2) is 6.04 Å². The van der Waals surface area contributed by atoms with Gasteiger partial charge in [-0.15, -0.1) is 0 Å². The van der Waals surface area contributed by atoms with Gasteiger partial charge in [-0.2, -0.15) is 0 Å². The molecule has 0 aromatic rings. The summed E-state index contributed by atoms with van der Waals surface area (Å²) in [6.45, 7) is 0.304. The number of fused-ring (bicyclic) bond motifs is 1. The van der Waals surface area contributed by atoms with E-state index in [4.69, 9.17) is 9.47 Å². The second kappa shape index (κ2) is 3.15. The SMILES string of the molecule is C[N+](C)(C)[C@@H]1[C@H]2OC[C@H](O)[C@H]2O[C@H]1O. The van der Waals surface area contributed by atoms with Gasteiger partial charge in [-0.05, 0) is 0 Å². The van der Waals surface area contributed by atoms with Crippen LogP contribution in [0.4, 0.5) is 0 Å². The zero-order chi connectivity index (χ0) is 10.5. The van der Waals surface area contributed by atoms with E-state index in [-0.39, 0.29) is 18.2 Å². The summed E-state index contributed by atoms with van der Waals surface area (Å²) in [5.41, 5.74) is 0. The van der Waals surface area contributed by atoms with Crippen molar-refractivity contribution in [2.75, 3.05) is 27.7 Å². The lowest BCUT2D eigenvalue weighted by atomic mass is 10.1. The summed E-state index contributed by atoms with van der Waals surface area (Å²) in [4.78, 5) is 0. The van der Waals surface area contributed by atoms with Crippen LogP contribution in [0.25, 0.3) is 0 Å². The number of nitrogens with zero attached hydrogens (tertiary/aromatic N) is 1. The summed E-state index contributed by atoms with van der Waals surface area (Å²) in [5, 5.41) is 19.3. The Morgan fingerprint density at radius 1 is 1.14 bits per heavy atom. The van der Waals surface area contributed by atoms with E-state index in [2.05, 4.69) is 0 Å². The van der Waals surface area contributed by atoms with Gasteiger partial charge in [0.05, 0.1) is 27.7 Å². The van der Waals surface area contributed by atoms with Crippen LogP contribution in [-0.4, -0.2) is 73.1 Å². The van der Waals surface area contributed by atoms with Gasteiger partial charge in [-0.25, -0.2) is 0 Å². The molecule has 2 rings (SSSR count). The van der Waals surface area contributed by atoms with E-state index in [1.165, 1.54) is 0 Å². The highest BCUT2D eigenvalue weighted by Crippen LogP contribution is 2.34. The van der Waals surface area contributed by atoms with E-state index < -0.39 is 12.4 Å². The highest BCUT2D eigenvalue weighted by Gasteiger charge is 2.57. The molecule has 2 N–H and O–H groups in total. The van der Waals surface area contributed by atoms with E-state index in [1.54, 1.807) is 0 Å². The molecule has 0 unspecified atom stereocenters. The number of aliphatic hydroxyl groups excluding tert-OH is 2. The second-order valence-electron chi connectivity index (χ2n) is 4.96. The minimum Gasteiger partial charge on any atom is -0.388 e. The Kier molecular flexibility index (Phi) is 2.32. The van der Waals surface area contributed by atoms with Crippen molar-refractivity contribution >= 4 is 0 Å². The van der Waals surface area contributed by atoms with Crippen LogP contribution in [0, 0.1) is 0 Å². The number of ether oxygens (including phenoxy) is 2. The van der Waals surface area contributed by atoms with Gasteiger partial charge in [0.2, 0.25) is 6.29 Å². The molecule has 2 aliphatic rings. The van der Waals surface area contributed by atoms with Crippen LogP contribution in [0.3, 0.4) is 0 Å². The molecule has 5 atom stereocenters. The van der Waals surface area contributed by atoms with Gasteiger partial charge in [-0.1, -0.05) is 0 Å². The first kappa shape index (κ1) is 10.3. The van der Waals surface area contributed by atoms with Crippen molar-refractivity contribution in [3.8, 4) is 0 Å². The fourth-order valence-electron chi connectivity index (χ4n) is 2.31. The molecular formula is C9H18NO4+. The average Bonchev–Trinajstić information content (AvgIpc) is 2.49. The Labute approximate surface area is 83.4 Å². The molecule has 0 saturated carbocycles. The Morgan fingerprint density at radius 2 is 1.79 bits per heavy atom. The van der Waals surface area contributed by atoms with Crippen molar-refractivity contribution in [1.82, 2.24) is 0 Å². The van der Waals surface area contributed by atoms with Crippen LogP contribution in [0.1, 0.15) is 0 Å². The molecule has 2 heterocycles. The molecule has 0 aromatic carbocycles. The molecule has 2 aliphatic heterocycles. The van der Waals surface area contributed by atoms with Crippen LogP contribution in [-0.2, 0) is 9.47 Å². The lowest BCUT2D eigenvalue weighted by Gasteiger charge is -2.34. The van der Waals surface area contributed by atoms with Crippen molar-refractivity contribution < 1.29 is 24.2 Å². The van der Waals surface area contributed by atoms with Crippen LogP contribution in [0.2, 0.25) is 0 Å². The molecule has 5 heteroatoms. The highest BCUT2D eigenvalue weighted by atomic mass is 16.7. The largest absolute Gasteiger partial charge is 0.388 e. The molecule has 0 bridgehead atoms. The molecule has 0 amide bonds. The van der Waals surface area contributed by atoms with Crippen LogP contribution in [0.5, 0.6) is 0 Å². The summed E-state index contributed by atoms with van der Waals surface area (Å²) in [6, 6.07) is -0.128. The molecule has 0 aliphatic carbocycles. The maximum Gasteiger partial charge on any atom is 0.211 e. The lowest BCUT2D eigenvalue weighted by molar-refractivity contribution is -0.903. The Morgan fingerprint density at radius 3 is 2.36 bits per heavy atom. The van der Waals surface area contributed by atoms with Crippen LogP contribution >= 0.6 is 0 Å². The number of hydrogen-bond acceptors (Lipinski definition) is 4. The van der Waals surface area contributed by atoms with Gasteiger partial charge < -0.3 is 24.2 Å². The normalized spacial score (nSPS) is 48.2. The third kappa shape index (κ3) is 1.45. The van der Waals surface area contributed by atoms with Gasteiger partial charge >= 0.3 is 0 Å². The fraction of sp³-hybridized carbons (Fsp3) is 1.00. The van der Waals surface area contributed by atoms with Crippen molar-refractivity contribution in [2.24, 2.45) is 0 Å². The number of hydrogen-bond donors (Lipinski definition) is 2. The topological polar surface area (TPSA) is 58.9 Å². The third-order valence-electron chi connectivity index (χ3n) is 2.98. The van der Waals surface area contributed by atoms with Crippen LogP contribution < -0.4 is 0 Å². The first-order valence-corrected chi connectivity index (χ1v) is 4.85. The molecule has 2 saturated heterocycles. The molecule has 0 spiro atoms. The monoisotopic (exact) mass is 204 g/mol. The molecule has 0 aromatic heterocycles. The number of likely N-dealkylation sites (N-methyl/N-ethyl adjacent to an activating group) is 1. The first-order chi connectivity index (χ1) is 6.41.